The molecule has 5 nitrogen and oxygen atoms in total. The van der Waals surface area contributed by atoms with E-state index in [0.29, 0.717) is 22.9 Å². The van der Waals surface area contributed by atoms with E-state index in [1.54, 1.807) is 0 Å². The van der Waals surface area contributed by atoms with Crippen molar-refractivity contribution in [2.45, 2.75) is 33.3 Å². The van der Waals surface area contributed by atoms with Crippen molar-refractivity contribution in [1.29, 1.82) is 0 Å². The lowest BCUT2D eigenvalue weighted by atomic mass is 9.98. The molecule has 1 N–H and O–H groups in total. The highest BCUT2D eigenvalue weighted by molar-refractivity contribution is 6.30. The van der Waals surface area contributed by atoms with Crippen LogP contribution < -0.4 is 4.74 Å². The van der Waals surface area contributed by atoms with Crippen LogP contribution >= 0.6 is 11.6 Å². The average Bonchev–Trinajstić information content (AvgIpc) is 3.24. The summed E-state index contributed by atoms with van der Waals surface area (Å²) < 4.78 is 12.0. The van der Waals surface area contributed by atoms with E-state index in [1.165, 1.54) is 0 Å². The van der Waals surface area contributed by atoms with Crippen LogP contribution in [0.25, 0.3) is 22.6 Å². The van der Waals surface area contributed by atoms with Crippen LogP contribution in [0, 0.1) is 13.8 Å². The summed E-state index contributed by atoms with van der Waals surface area (Å²) in [7, 11) is 0. The van der Waals surface area contributed by atoms with E-state index in [1.807, 2.05) is 80.6 Å². The second-order valence-corrected chi connectivity index (χ2v) is 8.30. The lowest BCUT2D eigenvalue weighted by Gasteiger charge is -2.15. The van der Waals surface area contributed by atoms with Crippen molar-refractivity contribution in [3.05, 3.63) is 94.0 Å². The summed E-state index contributed by atoms with van der Waals surface area (Å²) in [4.78, 5) is 10.9. The van der Waals surface area contributed by atoms with Crippen molar-refractivity contribution in [2.24, 2.45) is 0 Å². The topological polar surface area (TPSA) is 72.6 Å². The molecule has 0 radical (unpaired) electrons. The first-order valence-electron chi connectivity index (χ1n) is 10.7. The van der Waals surface area contributed by atoms with Crippen molar-refractivity contribution in [1.82, 2.24) is 5.16 Å². The Bertz CT molecular complexity index is 1260. The minimum absolute atomic E-state index is 0.103. The third-order valence-corrected chi connectivity index (χ3v) is 6.02. The first-order chi connectivity index (χ1) is 15.9. The summed E-state index contributed by atoms with van der Waals surface area (Å²) in [5.41, 5.74) is 6.40. The predicted molar refractivity (Wildman–Crippen MR) is 129 cm³/mol. The summed E-state index contributed by atoms with van der Waals surface area (Å²) in [6.07, 6.45) is 0.596. The van der Waals surface area contributed by atoms with E-state index in [0.717, 1.165) is 39.1 Å². The monoisotopic (exact) mass is 461 g/mol. The maximum atomic E-state index is 10.9. The standard InChI is InChI=1S/C27H24ClNO4/c1-17-18(2)24(14-10-19(17)11-15-25(30)31)32-16-23-26(20-8-12-22(28)13-9-20)29-33-27(23)21-6-4-3-5-7-21/h3-10,12-14H,11,15-16H2,1-2H3,(H,30,31). The third kappa shape index (κ3) is 5.10. The highest BCUT2D eigenvalue weighted by Crippen LogP contribution is 2.34. The maximum absolute atomic E-state index is 10.9. The SMILES string of the molecule is Cc1c(CCC(=O)O)ccc(OCc2c(-c3ccc(Cl)cc3)noc2-c2ccccc2)c1C. The first-order valence-corrected chi connectivity index (χ1v) is 11.1. The van der Waals surface area contributed by atoms with Gasteiger partial charge in [0.05, 0.1) is 5.56 Å². The number of benzene rings is 3. The molecule has 0 unspecified atom stereocenters. The number of aliphatic carboxylic acids is 1. The number of ether oxygens (including phenoxy) is 1. The molecule has 1 heterocycles. The molecule has 0 bridgehead atoms. The van der Waals surface area contributed by atoms with Gasteiger partial charge in [-0.2, -0.15) is 0 Å². The van der Waals surface area contributed by atoms with Gasteiger partial charge in [-0.1, -0.05) is 65.3 Å². The zero-order valence-corrected chi connectivity index (χ0v) is 19.2. The molecule has 4 aromatic rings. The molecule has 0 saturated heterocycles. The van der Waals surface area contributed by atoms with Crippen LogP contribution in [-0.4, -0.2) is 16.2 Å². The average molecular weight is 462 g/mol. The number of carboxylic acids is 1. The van der Waals surface area contributed by atoms with Crippen LogP contribution in [0.3, 0.4) is 0 Å². The number of hydrogen-bond donors (Lipinski definition) is 1. The van der Waals surface area contributed by atoms with Crippen LogP contribution in [0.4, 0.5) is 0 Å². The van der Waals surface area contributed by atoms with Gasteiger partial charge in [-0.25, -0.2) is 0 Å². The number of hydrogen-bond acceptors (Lipinski definition) is 4. The molecule has 0 amide bonds. The Morgan fingerprint density at radius 3 is 2.39 bits per heavy atom. The molecule has 0 spiro atoms. The molecule has 0 aliphatic heterocycles. The number of rotatable bonds is 8. The van der Waals surface area contributed by atoms with Gasteiger partial charge in [0.25, 0.3) is 0 Å². The molecule has 4 rings (SSSR count). The molecule has 1 aromatic heterocycles. The van der Waals surface area contributed by atoms with Crippen LogP contribution in [0.2, 0.25) is 5.02 Å². The summed E-state index contributed by atoms with van der Waals surface area (Å²) in [5, 5.41) is 14.0. The van der Waals surface area contributed by atoms with Crippen molar-refractivity contribution in [3.8, 4) is 28.3 Å². The molecule has 0 atom stereocenters. The number of carbonyl (C=O) groups is 1. The van der Waals surface area contributed by atoms with E-state index >= 15 is 0 Å². The lowest BCUT2D eigenvalue weighted by molar-refractivity contribution is -0.136. The molecular weight excluding hydrogens is 438 g/mol. The molecule has 0 fully saturated rings. The van der Waals surface area contributed by atoms with Gasteiger partial charge in [0, 0.05) is 22.6 Å². The Morgan fingerprint density at radius 1 is 0.970 bits per heavy atom. The van der Waals surface area contributed by atoms with Gasteiger partial charge in [0.15, 0.2) is 5.76 Å². The Balaban J connectivity index is 1.66. The molecule has 0 aliphatic rings. The van der Waals surface area contributed by atoms with Gasteiger partial charge in [-0.05, 0) is 55.2 Å². The molecule has 6 heteroatoms. The van der Waals surface area contributed by atoms with Crippen LogP contribution in [0.1, 0.15) is 28.7 Å². The van der Waals surface area contributed by atoms with E-state index in [-0.39, 0.29) is 13.0 Å². The second kappa shape index (κ2) is 9.92. The zero-order valence-electron chi connectivity index (χ0n) is 18.5. The number of aryl methyl sites for hydroxylation is 1. The van der Waals surface area contributed by atoms with Crippen LogP contribution in [-0.2, 0) is 17.8 Å². The van der Waals surface area contributed by atoms with E-state index < -0.39 is 5.97 Å². The van der Waals surface area contributed by atoms with Gasteiger partial charge >= 0.3 is 5.97 Å². The lowest BCUT2D eigenvalue weighted by Crippen LogP contribution is -2.03. The summed E-state index contributed by atoms with van der Waals surface area (Å²) in [6, 6.07) is 21.1. The highest BCUT2D eigenvalue weighted by atomic mass is 35.5. The fourth-order valence-corrected chi connectivity index (χ4v) is 3.89. The fraction of sp³-hybridized carbons (Fsp3) is 0.185. The summed E-state index contributed by atoms with van der Waals surface area (Å²) in [6.45, 7) is 4.24. The summed E-state index contributed by atoms with van der Waals surface area (Å²) in [5.74, 6) is 0.602. The Hall–Kier alpha value is -3.57. The molecule has 33 heavy (non-hydrogen) atoms. The maximum Gasteiger partial charge on any atom is 0.303 e. The smallest absolute Gasteiger partial charge is 0.303 e. The second-order valence-electron chi connectivity index (χ2n) is 7.87. The minimum Gasteiger partial charge on any atom is -0.488 e. The van der Waals surface area contributed by atoms with Gasteiger partial charge in [0.2, 0.25) is 0 Å². The first kappa shape index (κ1) is 22.6. The van der Waals surface area contributed by atoms with Crippen LogP contribution in [0.5, 0.6) is 5.75 Å². The molecule has 0 aliphatic carbocycles. The number of aromatic nitrogens is 1. The Morgan fingerprint density at radius 2 is 1.70 bits per heavy atom. The Kier molecular flexibility index (Phi) is 6.80. The van der Waals surface area contributed by atoms with Crippen molar-refractivity contribution < 1.29 is 19.2 Å². The van der Waals surface area contributed by atoms with E-state index in [2.05, 4.69) is 5.16 Å². The highest BCUT2D eigenvalue weighted by Gasteiger charge is 2.20. The Labute approximate surface area is 197 Å². The van der Waals surface area contributed by atoms with Gasteiger partial charge in [0.1, 0.15) is 18.1 Å². The van der Waals surface area contributed by atoms with E-state index in [4.69, 9.17) is 26.0 Å². The molecule has 0 saturated carbocycles. The number of carboxylic acid groups (broad SMARTS) is 1. The number of halogens is 1. The van der Waals surface area contributed by atoms with E-state index in [9.17, 15) is 4.79 Å². The van der Waals surface area contributed by atoms with Crippen molar-refractivity contribution in [3.63, 3.8) is 0 Å². The molecular formula is C27H24ClNO4. The normalized spacial score (nSPS) is 10.9. The quantitative estimate of drug-likeness (QED) is 0.310. The van der Waals surface area contributed by atoms with Gasteiger partial charge < -0.3 is 14.4 Å². The van der Waals surface area contributed by atoms with Crippen LogP contribution in [0.15, 0.2) is 71.3 Å². The molecule has 168 valence electrons. The third-order valence-electron chi connectivity index (χ3n) is 5.77. The van der Waals surface area contributed by atoms with Crippen molar-refractivity contribution in [2.75, 3.05) is 0 Å². The van der Waals surface area contributed by atoms with Crippen molar-refractivity contribution >= 4 is 17.6 Å². The fourth-order valence-electron chi connectivity index (χ4n) is 3.76. The largest absolute Gasteiger partial charge is 0.488 e. The van der Waals surface area contributed by atoms with Gasteiger partial charge in [-0.15, -0.1) is 0 Å². The zero-order chi connectivity index (χ0) is 23.4. The molecule has 3 aromatic carbocycles. The van der Waals surface area contributed by atoms with Gasteiger partial charge in [-0.3, -0.25) is 4.79 Å². The predicted octanol–water partition coefficient (Wildman–Crippen LogP) is 6.88. The number of nitrogens with zero attached hydrogens (tertiary/aromatic N) is 1. The summed E-state index contributed by atoms with van der Waals surface area (Å²) >= 11 is 6.06. The minimum atomic E-state index is -0.803.